The fourth-order valence-electron chi connectivity index (χ4n) is 17.4. The summed E-state index contributed by atoms with van der Waals surface area (Å²) in [6.45, 7) is 0.0210. The van der Waals surface area contributed by atoms with E-state index in [1.54, 1.807) is 0 Å². The maximum atomic E-state index is 14.0. The molecule has 0 saturated heterocycles. The predicted octanol–water partition coefficient (Wildman–Crippen LogP) is 8.20. The number of fused-ring (bicyclic) bond motifs is 5. The van der Waals surface area contributed by atoms with Crippen LogP contribution in [-0.4, -0.2) is 57.7 Å². The van der Waals surface area contributed by atoms with E-state index in [1.165, 1.54) is 0 Å². The van der Waals surface area contributed by atoms with Crippen molar-refractivity contribution in [1.29, 1.82) is 0 Å². The van der Waals surface area contributed by atoms with E-state index in [2.05, 4.69) is 60.7 Å². The third-order valence-electron chi connectivity index (χ3n) is 18.0. The van der Waals surface area contributed by atoms with Crippen LogP contribution in [0.25, 0.3) is 55.6 Å². The van der Waals surface area contributed by atoms with Crippen LogP contribution in [0.5, 0.6) is 0 Å². The maximum Gasteiger partial charge on any atom is 0.304 e. The molecule has 16 rings (SSSR count). The van der Waals surface area contributed by atoms with Gasteiger partial charge in [0.2, 0.25) is 0 Å². The molecule has 0 fully saturated rings. The van der Waals surface area contributed by atoms with Crippen LogP contribution < -0.4 is 0 Å². The van der Waals surface area contributed by atoms with Crippen LogP contribution in [0.4, 0.5) is 0 Å². The van der Waals surface area contributed by atoms with Crippen LogP contribution in [0, 0.1) is 5.92 Å². The number of carboxylic acid groups (broad SMARTS) is 2. The van der Waals surface area contributed by atoms with Crippen molar-refractivity contribution in [2.24, 2.45) is 5.92 Å². The summed E-state index contributed by atoms with van der Waals surface area (Å²) >= 11 is 0. The van der Waals surface area contributed by atoms with Gasteiger partial charge in [-0.15, -0.1) is 0 Å². The van der Waals surface area contributed by atoms with Gasteiger partial charge in [-0.25, -0.2) is 14.7 Å². The van der Waals surface area contributed by atoms with Crippen LogP contribution in [0.1, 0.15) is 87.7 Å². The zero-order valence-electron chi connectivity index (χ0n) is 31.8. The van der Waals surface area contributed by atoms with Crippen LogP contribution in [0.15, 0.2) is 83.0 Å². The zero-order valence-corrected chi connectivity index (χ0v) is 31.8. The van der Waals surface area contributed by atoms with Crippen molar-refractivity contribution in [2.45, 2.75) is 59.2 Å². The normalized spacial score (nSPS) is 30.6. The first-order chi connectivity index (χ1) is 29.3. The van der Waals surface area contributed by atoms with Crippen molar-refractivity contribution in [3.8, 4) is 55.6 Å². The molecule has 11 aliphatic rings. The molecule has 0 unspecified atom stereocenters. The van der Waals surface area contributed by atoms with Crippen LogP contribution in [-0.2, 0) is 51.3 Å². The van der Waals surface area contributed by atoms with Crippen LogP contribution in [0.3, 0.4) is 0 Å². The molecule has 6 atom stereocenters. The molecule has 0 amide bonds. The summed E-state index contributed by atoms with van der Waals surface area (Å²) in [6.07, 6.45) is 0.672. The number of benzene rings is 5. The highest BCUT2D eigenvalue weighted by atomic mass is 17.1. The largest absolute Gasteiger partial charge is 0.481 e. The minimum absolute atomic E-state index is 0.00205. The number of hydrogen-bond acceptors (Lipinski definition) is 8. The minimum atomic E-state index is -1.17. The summed E-state index contributed by atoms with van der Waals surface area (Å²) in [5.41, 5.74) is 19.9. The second kappa shape index (κ2) is 9.13. The third-order valence-corrected chi connectivity index (χ3v) is 18.0. The molecule has 0 aromatic heterocycles. The fraction of sp³-hybridized carbons (Fsp3) is 0.280. The summed E-state index contributed by atoms with van der Waals surface area (Å²) < 4.78 is 0. The average Bonchev–Trinajstić information content (AvgIpc) is 4.04. The van der Waals surface area contributed by atoms with Gasteiger partial charge in [-0.2, -0.15) is 0 Å². The standard InChI is InChI=1S/C50H32O10/c51-29(52)17-49-37-25-7-5-23-21-3-1-19-20-2-4-22-24-6-8-26-28-10-9-27(25)39(49)40(28)50(18-30(53)54)38(26)36(24)48(13-16-60-57)34(22)32(20)46(11-14-58-55)31(19)33(21)47(35(23)37,12-15-59-56)42-41(46)43(48)45(50)44(42)49/h1-10,42,55-57H,11-18H2,(H,51,52)(H,53,54)/t42-,46-,47+,48-,49+,50-/m0/s1. The molecule has 0 heterocycles. The highest BCUT2D eigenvalue weighted by Crippen LogP contribution is 2.89. The molecule has 5 aromatic carbocycles. The van der Waals surface area contributed by atoms with E-state index in [0.29, 0.717) is 19.3 Å². The average molecular weight is 793 g/mol. The molecular weight excluding hydrogens is 761 g/mol. The van der Waals surface area contributed by atoms with E-state index in [-0.39, 0.29) is 32.7 Å². The van der Waals surface area contributed by atoms with Gasteiger partial charge in [0.05, 0.1) is 43.5 Å². The van der Waals surface area contributed by atoms with Gasteiger partial charge in [-0.1, -0.05) is 60.7 Å². The Morgan fingerprint density at radius 2 is 0.717 bits per heavy atom. The Hall–Kier alpha value is -5.72. The van der Waals surface area contributed by atoms with Crippen molar-refractivity contribution in [2.75, 3.05) is 19.8 Å². The van der Waals surface area contributed by atoms with Crippen LogP contribution in [0.2, 0.25) is 0 Å². The molecular formula is C50H32O10. The van der Waals surface area contributed by atoms with Gasteiger partial charge >= 0.3 is 11.9 Å². The van der Waals surface area contributed by atoms with Crippen molar-refractivity contribution in [1.82, 2.24) is 0 Å². The number of carboxylic acids is 2. The Kier molecular flexibility index (Phi) is 4.89. The first-order valence-electron chi connectivity index (χ1n) is 20.9. The summed E-state index contributed by atoms with van der Waals surface area (Å²) in [4.78, 5) is 43.3. The summed E-state index contributed by atoms with van der Waals surface area (Å²) in [6, 6.07) is 22.0. The van der Waals surface area contributed by atoms with E-state index in [9.17, 15) is 35.6 Å². The molecule has 0 saturated carbocycles. The van der Waals surface area contributed by atoms with E-state index in [0.717, 1.165) is 134 Å². The molecule has 0 bridgehead atoms. The van der Waals surface area contributed by atoms with Gasteiger partial charge in [-0.3, -0.25) is 25.4 Å². The third kappa shape index (κ3) is 2.50. The lowest BCUT2D eigenvalue weighted by molar-refractivity contribution is -0.245. The first kappa shape index (κ1) is 32.1. The quantitative estimate of drug-likeness (QED) is 0.0569. The zero-order chi connectivity index (χ0) is 39.9. The second-order valence-electron chi connectivity index (χ2n) is 19.0. The summed E-state index contributed by atoms with van der Waals surface area (Å²) in [5.74, 6) is -2.35. The van der Waals surface area contributed by atoms with Crippen molar-refractivity contribution in [3.63, 3.8) is 0 Å². The van der Waals surface area contributed by atoms with E-state index >= 15 is 0 Å². The smallest absolute Gasteiger partial charge is 0.304 e. The van der Waals surface area contributed by atoms with Gasteiger partial charge in [0.15, 0.2) is 0 Å². The van der Waals surface area contributed by atoms with Crippen molar-refractivity contribution >= 4 is 11.9 Å². The number of carbonyl (C=O) groups is 2. The summed E-state index contributed by atoms with van der Waals surface area (Å²) in [5, 5.41) is 54.0. The van der Waals surface area contributed by atoms with Crippen molar-refractivity contribution < 1.29 is 50.2 Å². The number of aliphatic carboxylic acids is 2. The molecule has 60 heavy (non-hydrogen) atoms. The Morgan fingerprint density at radius 1 is 0.417 bits per heavy atom. The Morgan fingerprint density at radius 3 is 1.17 bits per heavy atom. The molecule has 5 aromatic rings. The monoisotopic (exact) mass is 792 g/mol. The lowest BCUT2D eigenvalue weighted by atomic mass is 9.42. The molecule has 10 nitrogen and oxygen atoms in total. The topological polar surface area (TPSA) is 163 Å². The van der Waals surface area contributed by atoms with Gasteiger partial charge in [0, 0.05) is 22.2 Å². The van der Waals surface area contributed by atoms with Gasteiger partial charge < -0.3 is 10.2 Å². The van der Waals surface area contributed by atoms with E-state index in [4.69, 9.17) is 14.7 Å². The van der Waals surface area contributed by atoms with Crippen LogP contribution >= 0.6 is 0 Å². The second-order valence-corrected chi connectivity index (χ2v) is 19.0. The summed E-state index contributed by atoms with van der Waals surface area (Å²) in [7, 11) is 0. The first-order valence-corrected chi connectivity index (χ1v) is 20.9. The Bertz CT molecular complexity index is 3280. The maximum absolute atomic E-state index is 14.0. The number of hydrogen-bond donors (Lipinski definition) is 5. The molecule has 11 aliphatic carbocycles. The molecule has 10 heteroatoms. The molecule has 0 spiro atoms. The lowest BCUT2D eigenvalue weighted by Gasteiger charge is -2.59. The number of allylic oxidation sites excluding steroid dienone is 4. The number of rotatable bonds is 13. The molecule has 5 N–H and O–H groups in total. The Labute approximate surface area is 340 Å². The Balaban J connectivity index is 1.27. The predicted molar refractivity (Wildman–Crippen MR) is 213 cm³/mol. The SMILES string of the molecule is O=C(O)C[C@]12C3=C4[C@@H]5C6=C3[C@]3(CCOO)c7c8ccc(c71)-c1ccc7c(c12)[C@@]4(CC(=O)O)c1c-7ccc2c1[C@@]5(CCOO)c1c-2ccc2c1[C@@]6(CCOO)c1c-2ccc-8c13. The van der Waals surface area contributed by atoms with Gasteiger partial charge in [0.1, 0.15) is 0 Å². The van der Waals surface area contributed by atoms with E-state index in [1.807, 2.05) is 0 Å². The fourth-order valence-corrected chi connectivity index (χ4v) is 17.4. The lowest BCUT2D eigenvalue weighted by Crippen LogP contribution is -2.57. The van der Waals surface area contributed by atoms with Gasteiger partial charge in [-0.05, 0) is 153 Å². The molecule has 0 aliphatic heterocycles. The van der Waals surface area contributed by atoms with E-state index < -0.39 is 44.9 Å². The highest BCUT2D eigenvalue weighted by Gasteiger charge is 2.81. The van der Waals surface area contributed by atoms with Gasteiger partial charge in [0.25, 0.3) is 0 Å². The minimum Gasteiger partial charge on any atom is -0.481 e. The molecule has 292 valence electrons. The highest BCUT2D eigenvalue weighted by molar-refractivity contribution is 6.12. The molecule has 0 radical (unpaired) electrons. The van der Waals surface area contributed by atoms with Crippen molar-refractivity contribution in [3.05, 3.63) is 139 Å².